The van der Waals surface area contributed by atoms with Crippen molar-refractivity contribution in [3.05, 3.63) is 24.5 Å². The number of hydrogen-bond donors (Lipinski definition) is 1. The van der Waals surface area contributed by atoms with Crippen LogP contribution in [0.3, 0.4) is 0 Å². The van der Waals surface area contributed by atoms with E-state index in [0.29, 0.717) is 18.1 Å². The average molecular weight is 236 g/mol. The van der Waals surface area contributed by atoms with Crippen LogP contribution in [0.4, 0.5) is 0 Å². The van der Waals surface area contributed by atoms with Gasteiger partial charge in [0.2, 0.25) is 0 Å². The molecule has 1 aliphatic carbocycles. The predicted molar refractivity (Wildman–Crippen MR) is 70.6 cm³/mol. The monoisotopic (exact) mass is 236 g/mol. The molecule has 0 bridgehead atoms. The van der Waals surface area contributed by atoms with Gasteiger partial charge in [0, 0.05) is 24.4 Å². The van der Waals surface area contributed by atoms with Crippen LogP contribution >= 0.6 is 0 Å². The summed E-state index contributed by atoms with van der Waals surface area (Å²) in [7, 11) is 0. The number of nitrogens with zero attached hydrogens (tertiary/aromatic N) is 1. The lowest BCUT2D eigenvalue weighted by atomic mass is 9.65. The highest BCUT2D eigenvalue weighted by atomic mass is 16.5. The first-order valence-electron chi connectivity index (χ1n) is 6.51. The van der Waals surface area contributed by atoms with Gasteiger partial charge < -0.3 is 10.2 Å². The van der Waals surface area contributed by atoms with Gasteiger partial charge in [-0.1, -0.05) is 27.7 Å². The summed E-state index contributed by atoms with van der Waals surface area (Å²) in [5, 5.41) is 0. The van der Waals surface area contributed by atoms with E-state index < -0.39 is 0 Å². The first kappa shape index (κ1) is 12.5. The Bertz CT molecular complexity index is 343. The molecule has 17 heavy (non-hydrogen) atoms. The second-order valence-electron chi connectivity index (χ2n) is 6.04. The van der Waals surface area contributed by atoms with Crippen LogP contribution < -0.4 is 5.43 Å². The van der Waals surface area contributed by atoms with Crippen LogP contribution in [0.5, 0.6) is 0 Å². The third kappa shape index (κ3) is 2.65. The van der Waals surface area contributed by atoms with Crippen molar-refractivity contribution in [1.82, 2.24) is 4.68 Å². The quantitative estimate of drug-likeness (QED) is 0.850. The van der Waals surface area contributed by atoms with Crippen molar-refractivity contribution < 1.29 is 4.74 Å². The van der Waals surface area contributed by atoms with Gasteiger partial charge in [0.25, 0.3) is 0 Å². The maximum atomic E-state index is 5.95. The molecule has 2 rings (SSSR count). The molecule has 1 aromatic rings. The zero-order chi connectivity index (χ0) is 12.5. The molecule has 1 aromatic heterocycles. The maximum Gasteiger partial charge on any atom is 0.0666 e. The lowest BCUT2D eigenvalue weighted by Gasteiger charge is -2.52. The fourth-order valence-corrected chi connectivity index (χ4v) is 2.30. The fraction of sp³-hybridized carbons (Fsp3) is 0.714. The number of aromatic nitrogens is 1. The van der Waals surface area contributed by atoms with Gasteiger partial charge in [0.15, 0.2) is 0 Å². The molecule has 0 spiro atoms. The predicted octanol–water partition coefficient (Wildman–Crippen LogP) is 2.87. The van der Waals surface area contributed by atoms with Crippen LogP contribution in [0.25, 0.3) is 0 Å². The molecule has 1 N–H and O–H groups in total. The van der Waals surface area contributed by atoms with Crippen LogP contribution in [-0.4, -0.2) is 23.4 Å². The summed E-state index contributed by atoms with van der Waals surface area (Å²) in [5.74, 6) is 0.613. The molecule has 0 radical (unpaired) electrons. The smallest absolute Gasteiger partial charge is 0.0666 e. The molecule has 0 aliphatic heterocycles. The minimum absolute atomic E-state index is 0.208. The van der Waals surface area contributed by atoms with Gasteiger partial charge in [0.05, 0.1) is 12.1 Å². The summed E-state index contributed by atoms with van der Waals surface area (Å²) < 4.78 is 7.99. The van der Waals surface area contributed by atoms with E-state index in [0.717, 1.165) is 13.0 Å². The number of ether oxygens (including phenoxy) is 1. The number of nitrogens with one attached hydrogen (secondary N) is 1. The number of hydrogen-bond acceptors (Lipinski definition) is 2. The first-order valence-corrected chi connectivity index (χ1v) is 6.51. The topological polar surface area (TPSA) is 26.2 Å². The molecule has 0 aromatic carbocycles. The Hall–Kier alpha value is -0.960. The average Bonchev–Trinajstić information content (AvgIpc) is 2.74. The highest BCUT2D eigenvalue weighted by Crippen LogP contribution is 2.43. The minimum Gasteiger partial charge on any atom is -0.377 e. The van der Waals surface area contributed by atoms with Crippen molar-refractivity contribution in [3.63, 3.8) is 0 Å². The highest BCUT2D eigenvalue weighted by molar-refractivity contribution is 5.09. The summed E-state index contributed by atoms with van der Waals surface area (Å²) in [6.45, 7) is 9.82. The molecular formula is C14H24N2O. The molecule has 3 heteroatoms. The molecule has 1 saturated carbocycles. The first-order chi connectivity index (χ1) is 8.00. The molecule has 1 fully saturated rings. The van der Waals surface area contributed by atoms with Gasteiger partial charge in [-0.15, -0.1) is 0 Å². The summed E-state index contributed by atoms with van der Waals surface area (Å²) in [6, 6.07) is 4.56. The molecule has 0 amide bonds. The lowest BCUT2D eigenvalue weighted by Crippen LogP contribution is -2.59. The highest BCUT2D eigenvalue weighted by Gasteiger charge is 2.49. The zero-order valence-corrected chi connectivity index (χ0v) is 11.3. The van der Waals surface area contributed by atoms with Crippen LogP contribution in [0.15, 0.2) is 24.5 Å². The lowest BCUT2D eigenvalue weighted by molar-refractivity contribution is -0.111. The molecular weight excluding hydrogens is 212 g/mol. The number of rotatable bonds is 5. The van der Waals surface area contributed by atoms with Crippen LogP contribution in [0, 0.1) is 11.3 Å². The van der Waals surface area contributed by atoms with E-state index in [1.807, 2.05) is 29.2 Å². The van der Waals surface area contributed by atoms with Crippen molar-refractivity contribution in [2.45, 2.75) is 46.3 Å². The van der Waals surface area contributed by atoms with E-state index in [1.165, 1.54) is 0 Å². The summed E-state index contributed by atoms with van der Waals surface area (Å²) in [6.07, 6.45) is 5.56. The fourth-order valence-electron chi connectivity index (χ4n) is 2.30. The normalized spacial score (nSPS) is 26.9. The Morgan fingerprint density at radius 3 is 2.53 bits per heavy atom. The summed E-state index contributed by atoms with van der Waals surface area (Å²) >= 11 is 0. The van der Waals surface area contributed by atoms with Crippen molar-refractivity contribution in [1.29, 1.82) is 0 Å². The van der Waals surface area contributed by atoms with Gasteiger partial charge in [-0.3, -0.25) is 4.68 Å². The van der Waals surface area contributed by atoms with E-state index in [9.17, 15) is 0 Å². The van der Waals surface area contributed by atoms with Crippen molar-refractivity contribution in [2.75, 3.05) is 12.0 Å². The van der Waals surface area contributed by atoms with Crippen LogP contribution in [0.1, 0.15) is 34.1 Å². The van der Waals surface area contributed by atoms with Gasteiger partial charge in [0.1, 0.15) is 0 Å². The minimum atomic E-state index is 0.208. The van der Waals surface area contributed by atoms with E-state index in [4.69, 9.17) is 4.74 Å². The third-order valence-electron chi connectivity index (χ3n) is 3.72. The second-order valence-corrected chi connectivity index (χ2v) is 6.04. The molecule has 1 aliphatic rings. The SMILES string of the molecule is CC(C)COC1CC(Nn2cccc2)C1(C)C. The van der Waals surface area contributed by atoms with Crippen molar-refractivity contribution in [3.8, 4) is 0 Å². The van der Waals surface area contributed by atoms with Gasteiger partial charge in [-0.2, -0.15) is 0 Å². The van der Waals surface area contributed by atoms with Gasteiger partial charge >= 0.3 is 0 Å². The van der Waals surface area contributed by atoms with Gasteiger partial charge in [-0.05, 0) is 24.5 Å². The van der Waals surface area contributed by atoms with Gasteiger partial charge in [-0.25, -0.2) is 0 Å². The molecule has 0 saturated heterocycles. The Morgan fingerprint density at radius 2 is 2.00 bits per heavy atom. The van der Waals surface area contributed by atoms with E-state index in [-0.39, 0.29) is 5.41 Å². The third-order valence-corrected chi connectivity index (χ3v) is 3.72. The largest absolute Gasteiger partial charge is 0.377 e. The van der Waals surface area contributed by atoms with E-state index in [2.05, 4.69) is 33.1 Å². The molecule has 2 atom stereocenters. The molecule has 1 heterocycles. The van der Waals surface area contributed by atoms with Crippen molar-refractivity contribution >= 4 is 0 Å². The van der Waals surface area contributed by atoms with Crippen LogP contribution in [0.2, 0.25) is 0 Å². The Morgan fingerprint density at radius 1 is 1.35 bits per heavy atom. The molecule has 3 nitrogen and oxygen atoms in total. The Kier molecular flexibility index (Phi) is 3.48. The summed E-state index contributed by atoms with van der Waals surface area (Å²) in [5.41, 5.74) is 3.71. The van der Waals surface area contributed by atoms with Crippen LogP contribution in [-0.2, 0) is 4.74 Å². The standard InChI is InChI=1S/C14H24N2O/c1-11(2)10-17-13-9-12(14(13,3)4)15-16-7-5-6-8-16/h5-8,11-13,15H,9-10H2,1-4H3. The van der Waals surface area contributed by atoms with E-state index in [1.54, 1.807) is 0 Å². The second kappa shape index (κ2) is 4.73. The Balaban J connectivity index is 1.84. The summed E-state index contributed by atoms with van der Waals surface area (Å²) in [4.78, 5) is 0. The Labute approximate surface area is 104 Å². The van der Waals surface area contributed by atoms with Crippen molar-refractivity contribution in [2.24, 2.45) is 11.3 Å². The maximum absolute atomic E-state index is 5.95. The molecule has 2 unspecified atom stereocenters. The zero-order valence-electron chi connectivity index (χ0n) is 11.3. The molecule has 96 valence electrons. The van der Waals surface area contributed by atoms with E-state index >= 15 is 0 Å².